The van der Waals surface area contributed by atoms with Gasteiger partial charge in [0.25, 0.3) is 0 Å². The Kier molecular flexibility index (Phi) is 6.70. The number of rotatable bonds is 5. The molecule has 1 fully saturated rings. The molecule has 166 valence electrons. The highest BCUT2D eigenvalue weighted by Crippen LogP contribution is 2.37. The summed E-state index contributed by atoms with van der Waals surface area (Å²) in [6, 6.07) is 2.04. The number of benzene rings is 1. The van der Waals surface area contributed by atoms with Gasteiger partial charge in [0.05, 0.1) is 23.9 Å². The van der Waals surface area contributed by atoms with Gasteiger partial charge < -0.3 is 20.1 Å². The van der Waals surface area contributed by atoms with Crippen LogP contribution in [-0.4, -0.2) is 48.5 Å². The quantitative estimate of drug-likeness (QED) is 0.425. The molecule has 11 heteroatoms. The Bertz CT molecular complexity index is 850. The van der Waals surface area contributed by atoms with Crippen LogP contribution in [0.5, 0.6) is 0 Å². The molecule has 1 atom stereocenters. The van der Waals surface area contributed by atoms with Gasteiger partial charge in [-0.25, -0.2) is 8.78 Å². The molecular weight excluding hydrogens is 410 g/mol. The van der Waals surface area contributed by atoms with Gasteiger partial charge >= 0.3 is 13.3 Å². The van der Waals surface area contributed by atoms with Crippen LogP contribution in [-0.2, 0) is 9.31 Å². The van der Waals surface area contributed by atoms with Gasteiger partial charge in [0.1, 0.15) is 5.70 Å². The third-order valence-corrected chi connectivity index (χ3v) is 5.10. The van der Waals surface area contributed by atoms with Crippen LogP contribution in [0.1, 0.15) is 40.2 Å². The summed E-state index contributed by atoms with van der Waals surface area (Å²) in [6.07, 6.45) is -5.27. The van der Waals surface area contributed by atoms with E-state index >= 15 is 0 Å². The molecule has 0 amide bonds. The molecule has 1 aliphatic heterocycles. The lowest BCUT2D eigenvalue weighted by atomic mass is 9.77. The number of halogens is 5. The zero-order chi connectivity index (χ0) is 23.1. The number of aliphatic hydroxyl groups excluding tert-OH is 1. The van der Waals surface area contributed by atoms with Crippen LogP contribution in [0.25, 0.3) is 5.57 Å². The van der Waals surface area contributed by atoms with Crippen LogP contribution in [0.15, 0.2) is 22.8 Å². The molecule has 1 unspecified atom stereocenters. The van der Waals surface area contributed by atoms with E-state index in [4.69, 9.17) is 15.0 Å². The molecule has 0 bridgehead atoms. The normalized spacial score (nSPS) is 20.6. The van der Waals surface area contributed by atoms with Crippen molar-refractivity contribution in [3.63, 3.8) is 0 Å². The minimum atomic E-state index is -5.00. The first-order valence-corrected chi connectivity index (χ1v) is 9.17. The summed E-state index contributed by atoms with van der Waals surface area (Å²) in [4.78, 5) is 3.64. The number of allylic oxidation sites excluding steroid dienone is 2. The van der Waals surface area contributed by atoms with Crippen molar-refractivity contribution in [3.8, 4) is 0 Å². The fraction of sp³-hybridized carbons (Fsp3) is 0.526. The molecule has 3 N–H and O–H groups in total. The molecule has 0 spiro atoms. The Hall–Kier alpha value is -1.98. The zero-order valence-electron chi connectivity index (χ0n) is 17.3. The van der Waals surface area contributed by atoms with Gasteiger partial charge in [0.15, 0.2) is 11.6 Å². The molecule has 1 aromatic rings. The van der Waals surface area contributed by atoms with E-state index in [-0.39, 0.29) is 12.0 Å². The fourth-order valence-corrected chi connectivity index (χ4v) is 2.66. The molecule has 1 aliphatic rings. The van der Waals surface area contributed by atoms with Crippen molar-refractivity contribution < 1.29 is 36.4 Å². The van der Waals surface area contributed by atoms with Crippen molar-refractivity contribution in [2.45, 2.75) is 58.1 Å². The summed E-state index contributed by atoms with van der Waals surface area (Å²) in [5, 5.41) is 9.23. The number of nitrogens with two attached hydrogens (primary N) is 1. The number of alkyl halides is 3. The summed E-state index contributed by atoms with van der Waals surface area (Å²) in [7, 11) is -1.24. The van der Waals surface area contributed by atoms with Crippen LogP contribution >= 0.6 is 0 Å². The molecule has 30 heavy (non-hydrogen) atoms. The first kappa shape index (κ1) is 24.3. The lowest BCUT2D eigenvalue weighted by Crippen LogP contribution is -2.41. The van der Waals surface area contributed by atoms with Gasteiger partial charge in [-0.2, -0.15) is 13.2 Å². The predicted molar refractivity (Wildman–Crippen MR) is 104 cm³/mol. The minimum Gasteiger partial charge on any atom is -0.399 e. The Morgan fingerprint density at radius 3 is 2.17 bits per heavy atom. The first-order valence-electron chi connectivity index (χ1n) is 9.17. The molecule has 2 rings (SSSR count). The molecule has 5 nitrogen and oxygen atoms in total. The van der Waals surface area contributed by atoms with Gasteiger partial charge in [-0.1, -0.05) is 12.1 Å². The van der Waals surface area contributed by atoms with Crippen LogP contribution in [0.2, 0.25) is 0 Å². The maximum atomic E-state index is 14.8. The van der Waals surface area contributed by atoms with E-state index in [9.17, 15) is 27.1 Å². The molecule has 0 saturated carbocycles. The Morgan fingerprint density at radius 2 is 1.70 bits per heavy atom. The van der Waals surface area contributed by atoms with E-state index in [0.29, 0.717) is 6.21 Å². The summed E-state index contributed by atoms with van der Waals surface area (Å²) in [5.74, 6) is -2.96. The Labute approximate surface area is 171 Å². The maximum Gasteiger partial charge on any atom is 0.497 e. The van der Waals surface area contributed by atoms with Gasteiger partial charge in [-0.3, -0.25) is 4.99 Å². The highest BCUT2D eigenvalue weighted by Gasteiger charge is 2.52. The molecule has 0 aromatic heterocycles. The van der Waals surface area contributed by atoms with E-state index < -0.39 is 59.1 Å². The smallest absolute Gasteiger partial charge is 0.399 e. The molecular formula is C19H24BF5N2O3. The van der Waals surface area contributed by atoms with E-state index in [1.807, 2.05) is 0 Å². The largest absolute Gasteiger partial charge is 0.497 e. The molecule has 0 radical (unpaired) electrons. The molecule has 1 heterocycles. The van der Waals surface area contributed by atoms with Gasteiger partial charge in [0, 0.05) is 22.8 Å². The Balaban J connectivity index is 2.53. The third kappa shape index (κ3) is 4.84. The van der Waals surface area contributed by atoms with Crippen LogP contribution in [0, 0.1) is 11.6 Å². The number of hydrogen-bond donors (Lipinski definition) is 2. The summed E-state index contributed by atoms with van der Waals surface area (Å²) >= 11 is 0. The van der Waals surface area contributed by atoms with E-state index in [0.717, 1.165) is 12.1 Å². The van der Waals surface area contributed by atoms with Crippen molar-refractivity contribution in [1.29, 1.82) is 0 Å². The van der Waals surface area contributed by atoms with Crippen molar-refractivity contribution in [2.24, 2.45) is 10.7 Å². The van der Waals surface area contributed by atoms with E-state index in [1.54, 1.807) is 27.7 Å². The monoisotopic (exact) mass is 434 g/mol. The summed E-state index contributed by atoms with van der Waals surface area (Å²) < 4.78 is 80.5. The maximum absolute atomic E-state index is 14.8. The van der Waals surface area contributed by atoms with Crippen molar-refractivity contribution in [1.82, 2.24) is 0 Å². The third-order valence-electron chi connectivity index (χ3n) is 5.10. The number of aliphatic hydroxyl groups is 1. The standard InChI is InChI=1S/C19H24BF5N2O3/c1-10(28)8-27-9-12(16(26)19(23,24)25)11-6-7-13(15(22)14(11)21)20-29-17(2,3)18(4,5)30-20/h6-7,9-10,28H,8,26H2,1-5H3/b16-12+,27-9?. The molecule has 1 aromatic carbocycles. The second-order valence-electron chi connectivity index (χ2n) is 8.09. The minimum absolute atomic E-state index is 0.245. The van der Waals surface area contributed by atoms with Crippen LogP contribution in [0.4, 0.5) is 22.0 Å². The Morgan fingerprint density at radius 1 is 1.17 bits per heavy atom. The lowest BCUT2D eigenvalue weighted by Gasteiger charge is -2.32. The number of nitrogens with zero attached hydrogens (tertiary/aromatic N) is 1. The zero-order valence-corrected chi connectivity index (χ0v) is 17.3. The topological polar surface area (TPSA) is 77.1 Å². The molecule has 1 saturated heterocycles. The molecule has 0 aliphatic carbocycles. The highest BCUT2D eigenvalue weighted by molar-refractivity contribution is 6.62. The lowest BCUT2D eigenvalue weighted by molar-refractivity contribution is -0.0918. The number of hydrogen-bond acceptors (Lipinski definition) is 5. The van der Waals surface area contributed by atoms with Gasteiger partial charge in [-0.15, -0.1) is 0 Å². The average Bonchev–Trinajstić information content (AvgIpc) is 2.80. The first-order chi connectivity index (χ1) is 13.6. The fourth-order valence-electron chi connectivity index (χ4n) is 2.66. The van der Waals surface area contributed by atoms with E-state index in [1.165, 1.54) is 6.92 Å². The second kappa shape index (κ2) is 8.28. The van der Waals surface area contributed by atoms with Crippen LogP contribution < -0.4 is 11.2 Å². The highest BCUT2D eigenvalue weighted by atomic mass is 19.4. The van der Waals surface area contributed by atoms with Crippen molar-refractivity contribution in [2.75, 3.05) is 6.54 Å². The predicted octanol–water partition coefficient (Wildman–Crippen LogP) is 2.95. The van der Waals surface area contributed by atoms with Crippen molar-refractivity contribution >= 4 is 24.4 Å². The number of aliphatic imine (C=N–C) groups is 1. The van der Waals surface area contributed by atoms with Gasteiger partial charge in [0.2, 0.25) is 0 Å². The SMILES string of the molecule is CC(O)CN=C/C(=C(\N)C(F)(F)F)c1ccc(B2OC(C)(C)C(C)(C)O2)c(F)c1F. The summed E-state index contributed by atoms with van der Waals surface area (Å²) in [6.45, 7) is 8.01. The average molecular weight is 434 g/mol. The van der Waals surface area contributed by atoms with Crippen molar-refractivity contribution in [3.05, 3.63) is 35.0 Å². The van der Waals surface area contributed by atoms with E-state index in [2.05, 4.69) is 4.99 Å². The van der Waals surface area contributed by atoms with Gasteiger partial charge in [-0.05, 0) is 34.6 Å². The second-order valence-corrected chi connectivity index (χ2v) is 8.09. The summed E-state index contributed by atoms with van der Waals surface area (Å²) in [5.41, 5.74) is 0.0115. The van der Waals surface area contributed by atoms with Crippen LogP contribution in [0.3, 0.4) is 0 Å².